The summed E-state index contributed by atoms with van der Waals surface area (Å²) in [6, 6.07) is 9.90. The summed E-state index contributed by atoms with van der Waals surface area (Å²) < 4.78 is 4.85. The Balaban J connectivity index is 0.000000858. The van der Waals surface area contributed by atoms with Gasteiger partial charge in [0.2, 0.25) is 0 Å². The number of para-hydroxylation sites is 1. The number of imidazole rings is 1. The van der Waals surface area contributed by atoms with Crippen LogP contribution in [0.5, 0.6) is 0 Å². The maximum atomic E-state index is 12.0. The SMILES string of the molecule is COC(=O)NC(c1nc2c(cnc3ccccc32)[nH]1)C1CCC(CC#N)CC1.O=CO. The number of fused-ring (bicyclic) bond motifs is 3. The van der Waals surface area contributed by atoms with Gasteiger partial charge in [-0.2, -0.15) is 5.26 Å². The smallest absolute Gasteiger partial charge is 0.407 e. The molecule has 1 saturated carbocycles. The molecule has 1 fully saturated rings. The van der Waals surface area contributed by atoms with Crippen LogP contribution >= 0.6 is 0 Å². The molecule has 0 radical (unpaired) electrons. The Labute approximate surface area is 179 Å². The van der Waals surface area contributed by atoms with E-state index in [0.29, 0.717) is 12.3 Å². The van der Waals surface area contributed by atoms with Gasteiger partial charge in [-0.05, 0) is 43.6 Å². The normalized spacial score (nSPS) is 19.0. The first-order valence-electron chi connectivity index (χ1n) is 10.1. The molecule has 1 amide bonds. The molecule has 1 aliphatic carbocycles. The molecule has 0 spiro atoms. The molecule has 1 aromatic carbocycles. The summed E-state index contributed by atoms with van der Waals surface area (Å²) in [5.41, 5.74) is 2.60. The van der Waals surface area contributed by atoms with Crippen molar-refractivity contribution >= 4 is 34.5 Å². The fourth-order valence-corrected chi connectivity index (χ4v) is 4.22. The van der Waals surface area contributed by atoms with Crippen molar-refractivity contribution in [3.63, 3.8) is 0 Å². The van der Waals surface area contributed by atoms with E-state index in [1.54, 1.807) is 6.20 Å². The van der Waals surface area contributed by atoms with Crippen LogP contribution in [0.3, 0.4) is 0 Å². The summed E-state index contributed by atoms with van der Waals surface area (Å²) in [5.74, 6) is 1.42. The van der Waals surface area contributed by atoms with Crippen molar-refractivity contribution in [3.05, 3.63) is 36.3 Å². The summed E-state index contributed by atoms with van der Waals surface area (Å²) in [6.45, 7) is -0.250. The molecule has 2 heterocycles. The molecule has 2 aromatic heterocycles. The van der Waals surface area contributed by atoms with Gasteiger partial charge in [0.05, 0.1) is 42.0 Å². The Morgan fingerprint density at radius 3 is 2.77 bits per heavy atom. The van der Waals surface area contributed by atoms with Crippen LogP contribution in [-0.2, 0) is 9.53 Å². The van der Waals surface area contributed by atoms with Crippen molar-refractivity contribution in [2.45, 2.75) is 38.1 Å². The number of aromatic amines is 1. The molecular formula is C22H25N5O4. The van der Waals surface area contributed by atoms with Crippen LogP contribution in [0, 0.1) is 23.2 Å². The molecule has 0 bridgehead atoms. The standard InChI is InChI=1S/C21H23N5O2.CH2O2/c1-28-21(27)26-18(14-8-6-13(7-9-14)10-11-22)20-24-17-12-23-16-5-3-2-4-15(16)19(17)25-20;2-1-3/h2-5,12-14,18H,6-10H2,1H3,(H,24,25)(H,26,27);1H,(H,2,3). The molecule has 3 N–H and O–H groups in total. The van der Waals surface area contributed by atoms with Gasteiger partial charge >= 0.3 is 6.09 Å². The number of amides is 1. The van der Waals surface area contributed by atoms with Gasteiger partial charge in [0.1, 0.15) is 5.82 Å². The number of H-pyrrole nitrogens is 1. The van der Waals surface area contributed by atoms with Crippen LogP contribution in [0.1, 0.15) is 44.0 Å². The van der Waals surface area contributed by atoms with Crippen molar-refractivity contribution in [2.24, 2.45) is 11.8 Å². The fourth-order valence-electron chi connectivity index (χ4n) is 4.22. The number of nitrogens with one attached hydrogen (secondary N) is 2. The van der Waals surface area contributed by atoms with E-state index in [2.05, 4.69) is 21.4 Å². The number of aromatic nitrogens is 3. The highest BCUT2D eigenvalue weighted by Gasteiger charge is 2.32. The predicted molar refractivity (Wildman–Crippen MR) is 114 cm³/mol. The zero-order valence-corrected chi connectivity index (χ0v) is 17.2. The molecule has 0 aliphatic heterocycles. The van der Waals surface area contributed by atoms with Gasteiger partial charge in [-0.3, -0.25) is 9.78 Å². The molecular weight excluding hydrogens is 398 g/mol. The molecule has 9 heteroatoms. The zero-order chi connectivity index (χ0) is 22.2. The molecule has 4 rings (SSSR count). The number of carbonyl (C=O) groups excluding carboxylic acids is 1. The number of carboxylic acid groups (broad SMARTS) is 1. The topological polar surface area (TPSA) is 141 Å². The minimum absolute atomic E-state index is 0.244. The summed E-state index contributed by atoms with van der Waals surface area (Å²) in [5, 5.41) is 19.8. The van der Waals surface area contributed by atoms with Crippen molar-refractivity contribution in [1.82, 2.24) is 20.3 Å². The second-order valence-corrected chi connectivity index (χ2v) is 7.52. The Hall–Kier alpha value is -3.67. The maximum Gasteiger partial charge on any atom is 0.407 e. The molecule has 3 aromatic rings. The average molecular weight is 423 g/mol. The summed E-state index contributed by atoms with van der Waals surface area (Å²) in [7, 11) is 1.37. The van der Waals surface area contributed by atoms with Gasteiger partial charge in [0, 0.05) is 11.8 Å². The van der Waals surface area contributed by atoms with E-state index in [0.717, 1.165) is 53.4 Å². The Bertz CT molecular complexity index is 1080. The second-order valence-electron chi connectivity index (χ2n) is 7.52. The largest absolute Gasteiger partial charge is 0.483 e. The van der Waals surface area contributed by atoms with Crippen LogP contribution in [0.4, 0.5) is 4.79 Å². The van der Waals surface area contributed by atoms with E-state index < -0.39 is 6.09 Å². The van der Waals surface area contributed by atoms with E-state index in [-0.39, 0.29) is 18.4 Å². The van der Waals surface area contributed by atoms with Gasteiger partial charge < -0.3 is 20.1 Å². The number of alkyl carbamates (subject to hydrolysis) is 1. The van der Waals surface area contributed by atoms with Crippen LogP contribution in [0.25, 0.3) is 21.9 Å². The summed E-state index contributed by atoms with van der Waals surface area (Å²) in [4.78, 5) is 33.0. The van der Waals surface area contributed by atoms with Crippen molar-refractivity contribution in [2.75, 3.05) is 7.11 Å². The van der Waals surface area contributed by atoms with Gasteiger partial charge in [-0.25, -0.2) is 9.78 Å². The van der Waals surface area contributed by atoms with Gasteiger partial charge in [-0.1, -0.05) is 18.2 Å². The minimum Gasteiger partial charge on any atom is -0.483 e. The number of rotatable bonds is 4. The van der Waals surface area contributed by atoms with Crippen molar-refractivity contribution in [3.8, 4) is 6.07 Å². The van der Waals surface area contributed by atoms with Crippen LogP contribution in [0.15, 0.2) is 30.5 Å². The van der Waals surface area contributed by atoms with Crippen LogP contribution in [-0.4, -0.2) is 39.7 Å². The number of pyridine rings is 1. The lowest BCUT2D eigenvalue weighted by Crippen LogP contribution is -2.35. The summed E-state index contributed by atoms with van der Waals surface area (Å²) in [6.07, 6.45) is 5.78. The van der Waals surface area contributed by atoms with Crippen LogP contribution in [0.2, 0.25) is 0 Å². The highest BCUT2D eigenvalue weighted by molar-refractivity contribution is 6.01. The Morgan fingerprint density at radius 1 is 1.39 bits per heavy atom. The van der Waals surface area contributed by atoms with E-state index in [1.807, 2.05) is 24.3 Å². The Kier molecular flexibility index (Phi) is 7.38. The first-order chi connectivity index (χ1) is 15.1. The predicted octanol–water partition coefficient (Wildman–Crippen LogP) is 3.93. The first kappa shape index (κ1) is 22.0. The molecule has 9 nitrogen and oxygen atoms in total. The number of nitrogens with zero attached hydrogens (tertiary/aromatic N) is 3. The fraction of sp³-hybridized carbons (Fsp3) is 0.409. The van der Waals surface area contributed by atoms with Crippen LogP contribution < -0.4 is 5.32 Å². The number of hydrogen-bond acceptors (Lipinski definition) is 6. The number of benzene rings is 1. The third kappa shape index (κ3) is 5.09. The zero-order valence-electron chi connectivity index (χ0n) is 17.2. The molecule has 0 saturated heterocycles. The minimum atomic E-state index is -0.465. The summed E-state index contributed by atoms with van der Waals surface area (Å²) >= 11 is 0. The Morgan fingerprint density at radius 2 is 2.10 bits per heavy atom. The third-order valence-corrected chi connectivity index (χ3v) is 5.74. The average Bonchev–Trinajstić information content (AvgIpc) is 3.23. The molecule has 162 valence electrons. The van der Waals surface area contributed by atoms with Gasteiger partial charge in [-0.15, -0.1) is 0 Å². The molecule has 1 aliphatic rings. The van der Waals surface area contributed by atoms with Crippen molar-refractivity contribution < 1.29 is 19.4 Å². The lowest BCUT2D eigenvalue weighted by Gasteiger charge is -2.32. The molecule has 31 heavy (non-hydrogen) atoms. The number of ether oxygens (including phenoxy) is 1. The maximum absolute atomic E-state index is 12.0. The van der Waals surface area contributed by atoms with E-state index >= 15 is 0 Å². The highest BCUT2D eigenvalue weighted by Crippen LogP contribution is 2.38. The first-order valence-corrected chi connectivity index (χ1v) is 10.1. The number of carbonyl (C=O) groups is 2. The van der Waals surface area contributed by atoms with Gasteiger partial charge in [0.15, 0.2) is 0 Å². The number of nitriles is 1. The highest BCUT2D eigenvalue weighted by atomic mass is 16.5. The van der Waals surface area contributed by atoms with E-state index in [4.69, 9.17) is 24.9 Å². The quantitative estimate of drug-likeness (QED) is 0.540. The lowest BCUT2D eigenvalue weighted by atomic mass is 9.77. The molecule has 1 unspecified atom stereocenters. The van der Waals surface area contributed by atoms with Crippen molar-refractivity contribution in [1.29, 1.82) is 5.26 Å². The number of hydrogen-bond donors (Lipinski definition) is 3. The number of methoxy groups -OCH3 is 1. The van der Waals surface area contributed by atoms with Gasteiger partial charge in [0.25, 0.3) is 6.47 Å². The van der Waals surface area contributed by atoms with E-state index in [9.17, 15) is 4.79 Å². The second kappa shape index (κ2) is 10.4. The molecule has 1 atom stereocenters. The third-order valence-electron chi connectivity index (χ3n) is 5.74. The van der Waals surface area contributed by atoms with E-state index in [1.165, 1.54) is 7.11 Å². The monoisotopic (exact) mass is 423 g/mol. The lowest BCUT2D eigenvalue weighted by molar-refractivity contribution is -0.122.